The third kappa shape index (κ3) is 4.00. The molecule has 3 nitrogen and oxygen atoms in total. The van der Waals surface area contributed by atoms with Crippen LogP contribution < -0.4 is 0 Å². The van der Waals surface area contributed by atoms with Crippen LogP contribution in [0.4, 0.5) is 0 Å². The van der Waals surface area contributed by atoms with Crippen LogP contribution in [0.15, 0.2) is 23.3 Å². The Morgan fingerprint density at radius 2 is 2.06 bits per heavy atom. The molecule has 0 bridgehead atoms. The fraction of sp³-hybridized carbons (Fsp3) is 0.643. The fourth-order valence-electron chi connectivity index (χ4n) is 2.10. The second-order valence-corrected chi connectivity index (χ2v) is 6.01. The van der Waals surface area contributed by atoms with E-state index in [1.165, 1.54) is 0 Å². The molecule has 96 valence electrons. The molecular formula is C14H22O3. The van der Waals surface area contributed by atoms with E-state index in [1.807, 2.05) is 13.0 Å². The van der Waals surface area contributed by atoms with E-state index in [2.05, 4.69) is 26.8 Å². The van der Waals surface area contributed by atoms with Gasteiger partial charge in [-0.1, -0.05) is 32.4 Å². The SMILES string of the molecule is CC1=CC(C(C)(C)C)=CC(O)(CCC(=O)O)C1. The molecule has 0 aromatic heterocycles. The molecule has 0 amide bonds. The number of rotatable bonds is 3. The van der Waals surface area contributed by atoms with Crippen LogP contribution in [-0.4, -0.2) is 21.8 Å². The Hall–Kier alpha value is -1.09. The average molecular weight is 238 g/mol. The first-order valence-corrected chi connectivity index (χ1v) is 5.97. The van der Waals surface area contributed by atoms with Crippen LogP contribution in [0.3, 0.4) is 0 Å². The third-order valence-electron chi connectivity index (χ3n) is 3.05. The summed E-state index contributed by atoms with van der Waals surface area (Å²) in [5.74, 6) is -0.865. The molecule has 3 heteroatoms. The smallest absolute Gasteiger partial charge is 0.303 e. The lowest BCUT2D eigenvalue weighted by atomic mass is 9.76. The highest BCUT2D eigenvalue weighted by molar-refractivity contribution is 5.66. The van der Waals surface area contributed by atoms with Gasteiger partial charge in [0.05, 0.1) is 5.60 Å². The van der Waals surface area contributed by atoms with Crippen molar-refractivity contribution in [1.82, 2.24) is 0 Å². The Bertz CT molecular complexity index is 371. The van der Waals surface area contributed by atoms with Gasteiger partial charge in [0.15, 0.2) is 0 Å². The van der Waals surface area contributed by atoms with Crippen molar-refractivity contribution >= 4 is 5.97 Å². The predicted octanol–water partition coefficient (Wildman–Crippen LogP) is 2.90. The molecule has 0 spiro atoms. The van der Waals surface area contributed by atoms with Gasteiger partial charge in [0.2, 0.25) is 0 Å². The van der Waals surface area contributed by atoms with Gasteiger partial charge >= 0.3 is 5.97 Å². The standard InChI is InChI=1S/C14H22O3/c1-10-7-11(13(2,3)4)9-14(17,8-10)6-5-12(15)16/h7,9,17H,5-6,8H2,1-4H3,(H,15,16). The molecule has 0 fully saturated rings. The van der Waals surface area contributed by atoms with E-state index in [1.54, 1.807) is 0 Å². The molecule has 1 atom stereocenters. The summed E-state index contributed by atoms with van der Waals surface area (Å²) in [7, 11) is 0. The molecule has 0 heterocycles. The van der Waals surface area contributed by atoms with Gasteiger partial charge in [-0.15, -0.1) is 0 Å². The molecule has 1 aliphatic rings. The maximum absolute atomic E-state index is 10.6. The van der Waals surface area contributed by atoms with Crippen LogP contribution in [-0.2, 0) is 4.79 Å². The van der Waals surface area contributed by atoms with Crippen molar-refractivity contribution in [2.24, 2.45) is 5.41 Å². The molecule has 17 heavy (non-hydrogen) atoms. The zero-order valence-corrected chi connectivity index (χ0v) is 11.1. The number of allylic oxidation sites excluding steroid dienone is 2. The number of hydrogen-bond acceptors (Lipinski definition) is 2. The van der Waals surface area contributed by atoms with Crippen LogP contribution in [0.25, 0.3) is 0 Å². The van der Waals surface area contributed by atoms with E-state index >= 15 is 0 Å². The summed E-state index contributed by atoms with van der Waals surface area (Å²) in [6, 6.07) is 0. The highest BCUT2D eigenvalue weighted by Crippen LogP contribution is 2.37. The molecule has 0 saturated heterocycles. The Labute approximate surface area is 103 Å². The van der Waals surface area contributed by atoms with E-state index in [0.29, 0.717) is 6.42 Å². The highest BCUT2D eigenvalue weighted by atomic mass is 16.4. The second kappa shape index (κ2) is 4.65. The zero-order valence-electron chi connectivity index (χ0n) is 11.1. The lowest BCUT2D eigenvalue weighted by Gasteiger charge is -2.33. The van der Waals surface area contributed by atoms with Crippen molar-refractivity contribution in [1.29, 1.82) is 0 Å². The van der Waals surface area contributed by atoms with Crippen molar-refractivity contribution in [3.63, 3.8) is 0 Å². The van der Waals surface area contributed by atoms with E-state index in [4.69, 9.17) is 5.11 Å². The van der Waals surface area contributed by atoms with Gasteiger partial charge in [0, 0.05) is 12.8 Å². The number of carbonyl (C=O) groups is 1. The van der Waals surface area contributed by atoms with E-state index in [9.17, 15) is 9.90 Å². The topological polar surface area (TPSA) is 57.5 Å². The number of aliphatic carboxylic acids is 1. The van der Waals surface area contributed by atoms with Gasteiger partial charge in [-0.2, -0.15) is 0 Å². The minimum Gasteiger partial charge on any atom is -0.481 e. The van der Waals surface area contributed by atoms with Gasteiger partial charge in [-0.05, 0) is 30.4 Å². The van der Waals surface area contributed by atoms with Crippen LogP contribution in [0.1, 0.15) is 47.0 Å². The van der Waals surface area contributed by atoms with Crippen molar-refractivity contribution in [2.75, 3.05) is 0 Å². The monoisotopic (exact) mass is 238 g/mol. The molecule has 0 radical (unpaired) electrons. The molecular weight excluding hydrogens is 216 g/mol. The zero-order chi connectivity index (χ0) is 13.3. The normalized spacial score (nSPS) is 25.2. The number of carboxylic acid groups (broad SMARTS) is 1. The summed E-state index contributed by atoms with van der Waals surface area (Å²) >= 11 is 0. The summed E-state index contributed by atoms with van der Waals surface area (Å²) in [5, 5.41) is 19.1. The van der Waals surface area contributed by atoms with Gasteiger partial charge in [-0.3, -0.25) is 4.79 Å². The van der Waals surface area contributed by atoms with Gasteiger partial charge in [-0.25, -0.2) is 0 Å². The van der Waals surface area contributed by atoms with Crippen LogP contribution in [0.2, 0.25) is 0 Å². The molecule has 2 N–H and O–H groups in total. The number of aliphatic hydroxyl groups is 1. The Morgan fingerprint density at radius 3 is 2.53 bits per heavy atom. The first kappa shape index (κ1) is 14.0. The first-order valence-electron chi connectivity index (χ1n) is 5.97. The van der Waals surface area contributed by atoms with Crippen LogP contribution in [0.5, 0.6) is 0 Å². The molecule has 1 rings (SSSR count). The molecule has 1 aliphatic carbocycles. The van der Waals surface area contributed by atoms with E-state index < -0.39 is 11.6 Å². The van der Waals surface area contributed by atoms with Crippen LogP contribution >= 0.6 is 0 Å². The summed E-state index contributed by atoms with van der Waals surface area (Å²) in [4.78, 5) is 10.6. The maximum Gasteiger partial charge on any atom is 0.303 e. The lowest BCUT2D eigenvalue weighted by Crippen LogP contribution is -2.31. The summed E-state index contributed by atoms with van der Waals surface area (Å²) in [5.41, 5.74) is 1.15. The molecule has 0 aliphatic heterocycles. The minimum absolute atomic E-state index is 0.00228. The summed E-state index contributed by atoms with van der Waals surface area (Å²) in [6.07, 6.45) is 4.73. The van der Waals surface area contributed by atoms with Gasteiger partial charge < -0.3 is 10.2 Å². The fourth-order valence-corrected chi connectivity index (χ4v) is 2.10. The number of carboxylic acids is 1. The Kier molecular flexibility index (Phi) is 3.82. The first-order chi connectivity index (χ1) is 7.62. The average Bonchev–Trinajstić information content (AvgIpc) is 2.12. The Balaban J connectivity index is 2.92. The maximum atomic E-state index is 10.6. The predicted molar refractivity (Wildman–Crippen MR) is 67.7 cm³/mol. The quantitative estimate of drug-likeness (QED) is 0.794. The van der Waals surface area contributed by atoms with Crippen LogP contribution in [0, 0.1) is 5.41 Å². The number of hydrogen-bond donors (Lipinski definition) is 2. The summed E-state index contributed by atoms with van der Waals surface area (Å²) in [6.45, 7) is 8.24. The highest BCUT2D eigenvalue weighted by Gasteiger charge is 2.31. The van der Waals surface area contributed by atoms with Gasteiger partial charge in [0.1, 0.15) is 0 Å². The van der Waals surface area contributed by atoms with Gasteiger partial charge in [0.25, 0.3) is 0 Å². The molecule has 1 unspecified atom stereocenters. The molecule has 0 aromatic rings. The minimum atomic E-state index is -1.00. The lowest BCUT2D eigenvalue weighted by molar-refractivity contribution is -0.138. The molecule has 0 saturated carbocycles. The van der Waals surface area contributed by atoms with Crippen molar-refractivity contribution in [3.8, 4) is 0 Å². The molecule has 0 aromatic carbocycles. The van der Waals surface area contributed by atoms with Crippen molar-refractivity contribution in [3.05, 3.63) is 23.3 Å². The largest absolute Gasteiger partial charge is 0.481 e. The Morgan fingerprint density at radius 1 is 1.47 bits per heavy atom. The van der Waals surface area contributed by atoms with E-state index in [-0.39, 0.29) is 18.3 Å². The van der Waals surface area contributed by atoms with E-state index in [0.717, 1.165) is 11.1 Å². The van der Waals surface area contributed by atoms with Crippen molar-refractivity contribution in [2.45, 2.75) is 52.6 Å². The summed E-state index contributed by atoms with van der Waals surface area (Å²) < 4.78 is 0. The second-order valence-electron chi connectivity index (χ2n) is 6.01. The van der Waals surface area contributed by atoms with Crippen molar-refractivity contribution < 1.29 is 15.0 Å². The third-order valence-corrected chi connectivity index (χ3v) is 3.05.